The molecule has 102 valence electrons. The van der Waals surface area contributed by atoms with Crippen LogP contribution in [-0.2, 0) is 9.47 Å². The van der Waals surface area contributed by atoms with Crippen LogP contribution < -0.4 is 0 Å². The van der Waals surface area contributed by atoms with Crippen LogP contribution in [0.25, 0.3) is 0 Å². The first-order valence-electron chi connectivity index (χ1n) is 5.60. The maximum absolute atomic E-state index is 9.77. The number of unbranched alkanes of at least 4 members (excludes halogenated alkanes) is 1. The third kappa shape index (κ3) is 4.03. The SMILES string of the molecule is OC[C@H]1OC(O)[C@H](O)[C@@H](OCCCCCl)[C@@H]1O. The van der Waals surface area contributed by atoms with Gasteiger partial charge in [-0.05, 0) is 12.8 Å². The van der Waals surface area contributed by atoms with Crippen molar-refractivity contribution in [3.63, 3.8) is 0 Å². The molecule has 17 heavy (non-hydrogen) atoms. The molecule has 1 saturated heterocycles. The molecule has 0 spiro atoms. The number of halogens is 1. The van der Waals surface area contributed by atoms with Crippen molar-refractivity contribution in [2.75, 3.05) is 19.1 Å². The molecule has 0 aromatic rings. The van der Waals surface area contributed by atoms with E-state index in [0.29, 0.717) is 18.9 Å². The molecule has 1 rings (SSSR count). The van der Waals surface area contributed by atoms with E-state index in [1.807, 2.05) is 0 Å². The van der Waals surface area contributed by atoms with Gasteiger partial charge in [-0.3, -0.25) is 0 Å². The Balaban J connectivity index is 2.47. The minimum Gasteiger partial charge on any atom is -0.394 e. The number of hydrogen-bond acceptors (Lipinski definition) is 6. The van der Waals surface area contributed by atoms with E-state index in [-0.39, 0.29) is 0 Å². The Labute approximate surface area is 105 Å². The molecule has 1 heterocycles. The third-order valence-electron chi connectivity index (χ3n) is 2.68. The van der Waals surface area contributed by atoms with Gasteiger partial charge in [0.25, 0.3) is 0 Å². The Hall–Kier alpha value is 0.0500. The topological polar surface area (TPSA) is 99.4 Å². The molecule has 0 aromatic heterocycles. The summed E-state index contributed by atoms with van der Waals surface area (Å²) in [6, 6.07) is 0. The summed E-state index contributed by atoms with van der Waals surface area (Å²) in [5.74, 6) is 0.518. The molecule has 5 atom stereocenters. The zero-order valence-corrected chi connectivity index (χ0v) is 10.2. The van der Waals surface area contributed by atoms with Crippen molar-refractivity contribution in [3.8, 4) is 0 Å². The molecule has 1 aliphatic heterocycles. The highest BCUT2D eigenvalue weighted by molar-refractivity contribution is 6.17. The molecule has 1 aliphatic rings. The first kappa shape index (κ1) is 15.1. The fourth-order valence-corrected chi connectivity index (χ4v) is 1.87. The lowest BCUT2D eigenvalue weighted by Crippen LogP contribution is -2.59. The van der Waals surface area contributed by atoms with Crippen LogP contribution in [-0.4, -0.2) is 70.2 Å². The number of aliphatic hydroxyl groups is 4. The van der Waals surface area contributed by atoms with E-state index in [1.165, 1.54) is 0 Å². The minimum atomic E-state index is -1.46. The number of rotatable bonds is 6. The largest absolute Gasteiger partial charge is 0.394 e. The van der Waals surface area contributed by atoms with Gasteiger partial charge >= 0.3 is 0 Å². The zero-order valence-electron chi connectivity index (χ0n) is 9.41. The van der Waals surface area contributed by atoms with Crippen molar-refractivity contribution in [3.05, 3.63) is 0 Å². The standard InChI is InChI=1S/C10H19ClO6/c11-3-1-2-4-16-9-7(13)6(5-12)17-10(15)8(9)14/h6-10,12-15H,1-5H2/t6-,7-,8-,9+,10?/m1/s1. The number of ether oxygens (including phenoxy) is 2. The normalized spacial score (nSPS) is 38.3. The molecule has 0 aliphatic carbocycles. The van der Waals surface area contributed by atoms with Gasteiger partial charge in [0.1, 0.15) is 24.4 Å². The Morgan fingerprint density at radius 3 is 2.41 bits per heavy atom. The van der Waals surface area contributed by atoms with Crippen molar-refractivity contribution in [1.29, 1.82) is 0 Å². The lowest BCUT2D eigenvalue weighted by atomic mass is 9.99. The average molecular weight is 271 g/mol. The van der Waals surface area contributed by atoms with E-state index in [0.717, 1.165) is 6.42 Å². The van der Waals surface area contributed by atoms with E-state index in [2.05, 4.69) is 0 Å². The quantitative estimate of drug-likeness (QED) is 0.358. The van der Waals surface area contributed by atoms with Crippen LogP contribution in [0.15, 0.2) is 0 Å². The number of alkyl halides is 1. The summed E-state index contributed by atoms with van der Waals surface area (Å²) < 4.78 is 10.1. The summed E-state index contributed by atoms with van der Waals surface area (Å²) in [6.07, 6.45) is -4.42. The van der Waals surface area contributed by atoms with Crippen LogP contribution in [0.4, 0.5) is 0 Å². The monoisotopic (exact) mass is 270 g/mol. The van der Waals surface area contributed by atoms with Crippen LogP contribution in [0.5, 0.6) is 0 Å². The summed E-state index contributed by atoms with van der Waals surface area (Å²) in [7, 11) is 0. The summed E-state index contributed by atoms with van der Waals surface area (Å²) in [6.45, 7) is -0.136. The van der Waals surface area contributed by atoms with Crippen molar-refractivity contribution in [2.24, 2.45) is 0 Å². The average Bonchev–Trinajstić information content (AvgIpc) is 2.33. The second kappa shape index (κ2) is 7.48. The predicted octanol–water partition coefficient (Wildman–Crippen LogP) is -1.18. The van der Waals surface area contributed by atoms with E-state index in [9.17, 15) is 15.3 Å². The molecule has 7 heteroatoms. The first-order chi connectivity index (χ1) is 8.11. The molecule has 0 radical (unpaired) electrons. The lowest BCUT2D eigenvalue weighted by Gasteiger charge is -2.39. The Morgan fingerprint density at radius 1 is 1.12 bits per heavy atom. The molecule has 6 nitrogen and oxygen atoms in total. The lowest BCUT2D eigenvalue weighted by molar-refractivity contribution is -0.294. The van der Waals surface area contributed by atoms with Gasteiger partial charge in [0.2, 0.25) is 0 Å². The fraction of sp³-hybridized carbons (Fsp3) is 1.00. The van der Waals surface area contributed by atoms with E-state index in [1.54, 1.807) is 0 Å². The van der Waals surface area contributed by atoms with E-state index < -0.39 is 37.3 Å². The number of hydrogen-bond donors (Lipinski definition) is 4. The van der Waals surface area contributed by atoms with Crippen LogP contribution in [0, 0.1) is 0 Å². The van der Waals surface area contributed by atoms with Crippen LogP contribution in [0.1, 0.15) is 12.8 Å². The van der Waals surface area contributed by atoms with Crippen LogP contribution >= 0.6 is 11.6 Å². The van der Waals surface area contributed by atoms with Crippen LogP contribution in [0.3, 0.4) is 0 Å². The van der Waals surface area contributed by atoms with Gasteiger partial charge in [-0.1, -0.05) is 0 Å². The minimum absolute atomic E-state index is 0.316. The van der Waals surface area contributed by atoms with Gasteiger partial charge in [-0.25, -0.2) is 0 Å². The van der Waals surface area contributed by atoms with E-state index >= 15 is 0 Å². The summed E-state index contributed by atoms with van der Waals surface area (Å²) in [5, 5.41) is 37.7. The molecule has 0 aromatic carbocycles. The Morgan fingerprint density at radius 2 is 1.82 bits per heavy atom. The molecule has 0 bridgehead atoms. The molecular weight excluding hydrogens is 252 g/mol. The summed E-state index contributed by atoms with van der Waals surface area (Å²) >= 11 is 5.50. The highest BCUT2D eigenvalue weighted by atomic mass is 35.5. The molecule has 1 fully saturated rings. The van der Waals surface area contributed by atoms with Crippen molar-refractivity contribution in [1.82, 2.24) is 0 Å². The van der Waals surface area contributed by atoms with Crippen molar-refractivity contribution < 1.29 is 29.9 Å². The highest BCUT2D eigenvalue weighted by Gasteiger charge is 2.44. The van der Waals surface area contributed by atoms with Crippen molar-refractivity contribution in [2.45, 2.75) is 43.5 Å². The maximum Gasteiger partial charge on any atom is 0.184 e. The Kier molecular flexibility index (Phi) is 6.65. The van der Waals surface area contributed by atoms with Gasteiger partial charge in [-0.2, -0.15) is 0 Å². The van der Waals surface area contributed by atoms with E-state index in [4.69, 9.17) is 26.2 Å². The van der Waals surface area contributed by atoms with Gasteiger partial charge in [0.05, 0.1) is 6.61 Å². The maximum atomic E-state index is 9.77. The van der Waals surface area contributed by atoms with Gasteiger partial charge in [-0.15, -0.1) is 11.6 Å². The Bertz CT molecular complexity index is 217. The predicted molar refractivity (Wildman–Crippen MR) is 59.7 cm³/mol. The first-order valence-corrected chi connectivity index (χ1v) is 6.13. The summed E-state index contributed by atoms with van der Waals surface area (Å²) in [5.41, 5.74) is 0. The molecular formula is C10H19ClO6. The zero-order chi connectivity index (χ0) is 12.8. The summed E-state index contributed by atoms with van der Waals surface area (Å²) in [4.78, 5) is 0. The third-order valence-corrected chi connectivity index (χ3v) is 2.95. The van der Waals surface area contributed by atoms with Gasteiger partial charge in [0.15, 0.2) is 6.29 Å². The number of aliphatic hydroxyl groups excluding tert-OH is 4. The smallest absolute Gasteiger partial charge is 0.184 e. The van der Waals surface area contributed by atoms with Crippen molar-refractivity contribution >= 4 is 11.6 Å². The highest BCUT2D eigenvalue weighted by Crippen LogP contribution is 2.22. The molecule has 0 saturated carbocycles. The van der Waals surface area contributed by atoms with Gasteiger partial charge in [0, 0.05) is 12.5 Å². The fourth-order valence-electron chi connectivity index (χ4n) is 1.68. The second-order valence-corrected chi connectivity index (χ2v) is 4.34. The second-order valence-electron chi connectivity index (χ2n) is 3.96. The molecule has 0 amide bonds. The van der Waals surface area contributed by atoms with Crippen LogP contribution in [0.2, 0.25) is 0 Å². The molecule has 4 N–H and O–H groups in total. The van der Waals surface area contributed by atoms with Gasteiger partial charge < -0.3 is 29.9 Å². The molecule has 1 unspecified atom stereocenters.